The van der Waals surface area contributed by atoms with Gasteiger partial charge in [0, 0.05) is 6.54 Å². The Bertz CT molecular complexity index is 747. The van der Waals surface area contributed by atoms with Crippen LogP contribution in [-0.4, -0.2) is 34.8 Å². The van der Waals surface area contributed by atoms with E-state index in [-0.39, 0.29) is 12.1 Å². The van der Waals surface area contributed by atoms with Gasteiger partial charge in [-0.25, -0.2) is 0 Å². The first-order valence-electron chi connectivity index (χ1n) is 7.16. The van der Waals surface area contributed by atoms with Crippen molar-refractivity contribution in [2.45, 2.75) is 12.9 Å². The molecular formula is C17H14F3NO4. The topological polar surface area (TPSA) is 66.8 Å². The van der Waals surface area contributed by atoms with E-state index < -0.39 is 30.5 Å². The number of rotatable bonds is 6. The number of carbonyl (C=O) groups excluding carboxylic acids is 1. The summed E-state index contributed by atoms with van der Waals surface area (Å²) in [5.74, 6) is -2.83. The van der Waals surface area contributed by atoms with Crippen LogP contribution in [0.2, 0.25) is 0 Å². The van der Waals surface area contributed by atoms with E-state index in [0.29, 0.717) is 5.56 Å². The van der Waals surface area contributed by atoms with Crippen molar-refractivity contribution in [2.75, 3.05) is 6.54 Å². The third-order valence-electron chi connectivity index (χ3n) is 3.17. The molecule has 0 heterocycles. The number of carbonyl (C=O) groups is 2. The zero-order valence-electron chi connectivity index (χ0n) is 12.9. The van der Waals surface area contributed by atoms with Gasteiger partial charge in [0.1, 0.15) is 12.3 Å². The quantitative estimate of drug-likeness (QED) is 0.865. The van der Waals surface area contributed by atoms with Gasteiger partial charge in [-0.15, -0.1) is 13.2 Å². The van der Waals surface area contributed by atoms with Crippen molar-refractivity contribution in [2.24, 2.45) is 0 Å². The number of halogens is 3. The number of aliphatic carboxylic acids is 1. The highest BCUT2D eigenvalue weighted by Crippen LogP contribution is 2.27. The van der Waals surface area contributed by atoms with E-state index in [9.17, 15) is 22.8 Å². The lowest BCUT2D eigenvalue weighted by Gasteiger charge is -2.22. The first-order chi connectivity index (χ1) is 11.8. The second kappa shape index (κ2) is 7.69. The number of alkyl halides is 3. The van der Waals surface area contributed by atoms with Crippen LogP contribution in [-0.2, 0) is 11.3 Å². The van der Waals surface area contributed by atoms with Crippen LogP contribution in [0, 0.1) is 0 Å². The summed E-state index contributed by atoms with van der Waals surface area (Å²) in [6.45, 7) is -0.722. The zero-order chi connectivity index (χ0) is 18.4. The minimum atomic E-state index is -4.96. The van der Waals surface area contributed by atoms with Gasteiger partial charge in [0.25, 0.3) is 5.91 Å². The molecule has 5 nitrogen and oxygen atoms in total. The fourth-order valence-corrected chi connectivity index (χ4v) is 2.19. The van der Waals surface area contributed by atoms with Crippen molar-refractivity contribution in [3.63, 3.8) is 0 Å². The molecule has 2 aromatic carbocycles. The van der Waals surface area contributed by atoms with Crippen LogP contribution < -0.4 is 4.74 Å². The average Bonchev–Trinajstić information content (AvgIpc) is 2.53. The normalized spacial score (nSPS) is 11.0. The molecule has 132 valence electrons. The van der Waals surface area contributed by atoms with Crippen LogP contribution in [0.5, 0.6) is 5.75 Å². The lowest BCUT2D eigenvalue weighted by Crippen LogP contribution is -2.35. The number of amides is 1. The third-order valence-corrected chi connectivity index (χ3v) is 3.17. The molecule has 0 spiro atoms. The van der Waals surface area contributed by atoms with Crippen molar-refractivity contribution in [1.29, 1.82) is 0 Å². The Labute approximate surface area is 141 Å². The van der Waals surface area contributed by atoms with Crippen molar-refractivity contribution >= 4 is 11.9 Å². The lowest BCUT2D eigenvalue weighted by atomic mass is 10.1. The van der Waals surface area contributed by atoms with Crippen molar-refractivity contribution in [3.8, 4) is 5.75 Å². The zero-order valence-corrected chi connectivity index (χ0v) is 12.9. The lowest BCUT2D eigenvalue weighted by molar-refractivity contribution is -0.274. The van der Waals surface area contributed by atoms with Crippen LogP contribution in [0.15, 0.2) is 54.6 Å². The molecule has 1 amide bonds. The summed E-state index contributed by atoms with van der Waals surface area (Å²) in [5.41, 5.74) is 0.281. The smallest absolute Gasteiger partial charge is 0.480 e. The summed E-state index contributed by atoms with van der Waals surface area (Å²) < 4.78 is 41.4. The summed E-state index contributed by atoms with van der Waals surface area (Å²) in [5, 5.41) is 9.01. The molecule has 0 bridgehead atoms. The molecule has 0 aliphatic rings. The molecule has 0 aromatic heterocycles. The first-order valence-corrected chi connectivity index (χ1v) is 7.16. The number of hydrogen-bond acceptors (Lipinski definition) is 3. The molecule has 25 heavy (non-hydrogen) atoms. The van der Waals surface area contributed by atoms with Crippen molar-refractivity contribution in [1.82, 2.24) is 4.90 Å². The highest BCUT2D eigenvalue weighted by molar-refractivity contribution is 5.98. The largest absolute Gasteiger partial charge is 0.573 e. The molecule has 0 aliphatic heterocycles. The molecule has 0 radical (unpaired) electrons. The number of benzene rings is 2. The summed E-state index contributed by atoms with van der Waals surface area (Å²) in [6.07, 6.45) is -4.96. The molecule has 8 heteroatoms. The highest BCUT2D eigenvalue weighted by Gasteiger charge is 2.33. The fourth-order valence-electron chi connectivity index (χ4n) is 2.19. The van der Waals surface area contributed by atoms with E-state index in [0.717, 1.165) is 17.0 Å². The number of ether oxygens (including phenoxy) is 1. The second-order valence-corrected chi connectivity index (χ2v) is 5.08. The Balaban J connectivity index is 2.31. The van der Waals surface area contributed by atoms with E-state index in [1.807, 2.05) is 0 Å². The molecule has 0 aliphatic carbocycles. The molecular weight excluding hydrogens is 339 g/mol. The minimum absolute atomic E-state index is 0.0632. The van der Waals surface area contributed by atoms with Crippen molar-refractivity contribution in [3.05, 3.63) is 65.7 Å². The molecule has 1 N–H and O–H groups in total. The van der Waals surface area contributed by atoms with Crippen LogP contribution in [0.25, 0.3) is 0 Å². The maximum absolute atomic E-state index is 12.6. The number of hydrogen-bond donors (Lipinski definition) is 1. The van der Waals surface area contributed by atoms with Gasteiger partial charge in [0.15, 0.2) is 0 Å². The standard InChI is InChI=1S/C17H14F3NO4/c18-17(19,20)25-14-9-5-4-8-13(14)16(24)21(11-15(22)23)10-12-6-2-1-3-7-12/h1-9H,10-11H2,(H,22,23). The predicted molar refractivity (Wildman–Crippen MR) is 81.9 cm³/mol. The van der Waals surface area contributed by atoms with E-state index in [4.69, 9.17) is 5.11 Å². The fraction of sp³-hybridized carbons (Fsp3) is 0.176. The molecule has 0 saturated carbocycles. The van der Waals surface area contributed by atoms with E-state index in [1.165, 1.54) is 12.1 Å². The van der Waals surface area contributed by atoms with Crippen LogP contribution in [0.3, 0.4) is 0 Å². The second-order valence-electron chi connectivity index (χ2n) is 5.08. The average molecular weight is 353 g/mol. The summed E-state index contributed by atoms with van der Waals surface area (Å²) in [4.78, 5) is 24.6. The van der Waals surface area contributed by atoms with E-state index >= 15 is 0 Å². The Morgan fingerprint density at radius 2 is 1.60 bits per heavy atom. The van der Waals surface area contributed by atoms with Crippen LogP contribution in [0.1, 0.15) is 15.9 Å². The van der Waals surface area contributed by atoms with E-state index in [2.05, 4.69) is 4.74 Å². The van der Waals surface area contributed by atoms with Gasteiger partial charge in [0.2, 0.25) is 0 Å². The predicted octanol–water partition coefficient (Wildman–Crippen LogP) is 3.31. The van der Waals surface area contributed by atoms with Crippen molar-refractivity contribution < 1.29 is 32.6 Å². The van der Waals surface area contributed by atoms with Crippen LogP contribution >= 0.6 is 0 Å². The van der Waals surface area contributed by atoms with Gasteiger partial charge in [0.05, 0.1) is 5.56 Å². The Morgan fingerprint density at radius 3 is 2.20 bits per heavy atom. The molecule has 2 aromatic rings. The summed E-state index contributed by atoms with van der Waals surface area (Å²) in [7, 11) is 0. The molecule has 0 fully saturated rings. The van der Waals surface area contributed by atoms with Gasteiger partial charge in [-0.1, -0.05) is 42.5 Å². The van der Waals surface area contributed by atoms with Crippen LogP contribution in [0.4, 0.5) is 13.2 Å². The number of nitrogens with zero attached hydrogens (tertiary/aromatic N) is 1. The maximum Gasteiger partial charge on any atom is 0.573 e. The number of para-hydroxylation sites is 1. The SMILES string of the molecule is O=C(O)CN(Cc1ccccc1)C(=O)c1ccccc1OC(F)(F)F. The van der Waals surface area contributed by atoms with E-state index in [1.54, 1.807) is 30.3 Å². The van der Waals surface area contributed by atoms with Gasteiger partial charge in [-0.2, -0.15) is 0 Å². The molecule has 0 atom stereocenters. The van der Waals surface area contributed by atoms with Gasteiger partial charge < -0.3 is 14.7 Å². The molecule has 0 unspecified atom stereocenters. The highest BCUT2D eigenvalue weighted by atomic mass is 19.4. The monoisotopic (exact) mass is 353 g/mol. The van der Waals surface area contributed by atoms with Gasteiger partial charge >= 0.3 is 12.3 Å². The number of carboxylic acids is 1. The molecule has 2 rings (SSSR count). The third kappa shape index (κ3) is 5.52. The summed E-state index contributed by atoms with van der Waals surface area (Å²) in [6, 6.07) is 13.3. The Kier molecular flexibility index (Phi) is 5.63. The minimum Gasteiger partial charge on any atom is -0.480 e. The van der Waals surface area contributed by atoms with Gasteiger partial charge in [-0.05, 0) is 17.7 Å². The number of carboxylic acid groups (broad SMARTS) is 1. The maximum atomic E-state index is 12.6. The summed E-state index contributed by atoms with van der Waals surface area (Å²) >= 11 is 0. The Hall–Kier alpha value is -3.03. The first kappa shape index (κ1) is 18.3. The Morgan fingerprint density at radius 1 is 1.00 bits per heavy atom. The molecule has 0 saturated heterocycles. The van der Waals surface area contributed by atoms with Gasteiger partial charge in [-0.3, -0.25) is 9.59 Å².